The monoisotopic (exact) mass is 669 g/mol. The third-order valence-electron chi connectivity index (χ3n) is 9.99. The third-order valence-corrected chi connectivity index (χ3v) is 13.8. The smallest absolute Gasteiger partial charge is 0.333 e. The molecule has 0 amide bonds. The molecule has 1 aliphatic carbocycles. The van der Waals surface area contributed by atoms with Crippen LogP contribution in [0.1, 0.15) is 76.5 Å². The quantitative estimate of drug-likeness (QED) is 0.266. The molecular weight excluding hydrogens is 631 g/mol. The van der Waals surface area contributed by atoms with E-state index in [0.717, 1.165) is 28.7 Å². The average molecular weight is 670 g/mol. The lowest BCUT2D eigenvalue weighted by molar-refractivity contribution is -0.123. The summed E-state index contributed by atoms with van der Waals surface area (Å²) in [7, 11) is -2.24. The zero-order valence-corrected chi connectivity index (χ0v) is 28.3. The van der Waals surface area contributed by atoms with Crippen LogP contribution in [0.5, 0.6) is 5.75 Å². The van der Waals surface area contributed by atoms with E-state index in [1.54, 1.807) is 21.0 Å². The molecule has 4 atom stereocenters. The Labute approximate surface area is 271 Å². The van der Waals surface area contributed by atoms with Crippen molar-refractivity contribution in [1.82, 2.24) is 9.13 Å². The first kappa shape index (κ1) is 32.6. The second-order valence-electron chi connectivity index (χ2n) is 13.5. The van der Waals surface area contributed by atoms with Crippen molar-refractivity contribution in [2.45, 2.75) is 107 Å². The summed E-state index contributed by atoms with van der Waals surface area (Å²) in [5, 5.41) is 0.401. The number of ketones is 1. The van der Waals surface area contributed by atoms with Gasteiger partial charge in [0.1, 0.15) is 23.1 Å². The van der Waals surface area contributed by atoms with Gasteiger partial charge in [0.15, 0.2) is 15.6 Å². The van der Waals surface area contributed by atoms with Crippen LogP contribution in [-0.4, -0.2) is 59.3 Å². The van der Waals surface area contributed by atoms with E-state index in [9.17, 15) is 22.8 Å². The molecule has 3 aliphatic rings. The first-order valence-electron chi connectivity index (χ1n) is 15.6. The minimum Gasteiger partial charge on any atom is -0.496 e. The molecule has 13 heteroatoms. The molecule has 3 aromatic rings. The Hall–Kier alpha value is -3.31. The summed E-state index contributed by atoms with van der Waals surface area (Å²) in [6, 6.07) is 7.38. The molecule has 0 N–H and O–H groups in total. The molecule has 0 radical (unpaired) electrons. The summed E-state index contributed by atoms with van der Waals surface area (Å²) in [5.74, 6) is -0.965. The number of ether oxygens (including phenoxy) is 3. The molecule has 2 bridgehead atoms. The van der Waals surface area contributed by atoms with Crippen LogP contribution in [-0.2, 0) is 36.2 Å². The van der Waals surface area contributed by atoms with Crippen molar-refractivity contribution in [3.05, 3.63) is 67.6 Å². The van der Waals surface area contributed by atoms with Gasteiger partial charge in [-0.05, 0) is 77.8 Å². The number of methoxy groups -OCH3 is 1. The fraction of sp³-hybridized carbons (Fsp3) is 0.576. The number of fused-ring (bicyclic) bond motifs is 3. The van der Waals surface area contributed by atoms with E-state index in [1.807, 2.05) is 24.3 Å². The summed E-state index contributed by atoms with van der Waals surface area (Å²) >= 11 is 1.04. The van der Waals surface area contributed by atoms with E-state index < -0.39 is 49.0 Å². The molecule has 2 aliphatic heterocycles. The Balaban J connectivity index is 1.49. The summed E-state index contributed by atoms with van der Waals surface area (Å²) in [6.07, 6.45) is 3.68. The van der Waals surface area contributed by atoms with Crippen molar-refractivity contribution in [3.8, 4) is 5.75 Å². The van der Waals surface area contributed by atoms with E-state index in [-0.39, 0.29) is 35.2 Å². The number of hydrogen-bond acceptors (Lipinski definition) is 9. The number of carbonyl (C=O) groups excluding carboxylic acids is 1. The number of aryl methyl sites for hydroxylation is 1. The molecule has 4 heterocycles. The fourth-order valence-electron chi connectivity index (χ4n) is 6.70. The molecular formula is C33H39N3O8S2. The number of nitrogens with zero attached hydrogens (tertiary/aromatic N) is 3. The van der Waals surface area contributed by atoms with Gasteiger partial charge in [0, 0.05) is 5.56 Å². The zero-order chi connectivity index (χ0) is 33.2. The molecule has 1 saturated carbocycles. The lowest BCUT2D eigenvalue weighted by Gasteiger charge is -2.33. The number of carbonyl (C=O) groups is 1. The largest absolute Gasteiger partial charge is 0.496 e. The molecule has 2 aromatic heterocycles. The van der Waals surface area contributed by atoms with Crippen molar-refractivity contribution in [1.29, 1.82) is 0 Å². The predicted molar refractivity (Wildman–Crippen MR) is 175 cm³/mol. The first-order chi connectivity index (χ1) is 21.7. The molecule has 3 fully saturated rings. The van der Waals surface area contributed by atoms with E-state index in [1.165, 1.54) is 18.4 Å². The van der Waals surface area contributed by atoms with Crippen molar-refractivity contribution in [3.63, 3.8) is 0 Å². The summed E-state index contributed by atoms with van der Waals surface area (Å²) in [6.45, 7) is 13.7. The van der Waals surface area contributed by atoms with E-state index in [2.05, 4.69) is 4.85 Å². The van der Waals surface area contributed by atoms with Gasteiger partial charge in [-0.25, -0.2) is 22.6 Å². The van der Waals surface area contributed by atoms with Gasteiger partial charge in [-0.2, -0.15) is 0 Å². The Kier molecular flexibility index (Phi) is 8.32. The highest BCUT2D eigenvalue weighted by Crippen LogP contribution is 2.44. The van der Waals surface area contributed by atoms with Crippen LogP contribution >= 0.6 is 11.3 Å². The number of aromatic nitrogens is 2. The van der Waals surface area contributed by atoms with Gasteiger partial charge in [-0.1, -0.05) is 18.2 Å². The van der Waals surface area contributed by atoms with Gasteiger partial charge < -0.3 is 14.2 Å². The Bertz CT molecular complexity index is 1970. The van der Waals surface area contributed by atoms with Gasteiger partial charge in [0.25, 0.3) is 5.56 Å². The summed E-state index contributed by atoms with van der Waals surface area (Å²) < 4.78 is 46.0. The molecule has 246 valence electrons. The molecule has 1 aromatic carbocycles. The third kappa shape index (κ3) is 5.53. The maximum absolute atomic E-state index is 14.5. The first-order valence-corrected chi connectivity index (χ1v) is 18.0. The zero-order valence-electron chi connectivity index (χ0n) is 26.7. The average Bonchev–Trinajstić information content (AvgIpc) is 3.57. The SMILES string of the molecule is [C-]#[N+]c1sc2c(c1C)c(=O)n(C(C)(C)C(=O)CS(=O)(=O)C1(C)CC1)c(=O)n2C[C@H](OC1C[C@H]2CC[C@@H](C1)O2)c1ccccc1OC. The highest BCUT2D eigenvalue weighted by Gasteiger charge is 2.52. The number of sulfone groups is 1. The van der Waals surface area contributed by atoms with Crippen LogP contribution in [0.3, 0.4) is 0 Å². The van der Waals surface area contributed by atoms with E-state index in [0.29, 0.717) is 47.4 Å². The molecule has 11 nitrogen and oxygen atoms in total. The van der Waals surface area contributed by atoms with Crippen LogP contribution in [0, 0.1) is 13.5 Å². The van der Waals surface area contributed by atoms with Crippen LogP contribution < -0.4 is 16.0 Å². The number of benzene rings is 1. The topological polar surface area (TPSA) is 127 Å². The Morgan fingerprint density at radius 2 is 1.85 bits per heavy atom. The molecule has 6 rings (SSSR count). The number of Topliss-reactive ketones (excluding diaryl/α,β-unsaturated/α-hetero) is 1. The lowest BCUT2D eigenvalue weighted by atomic mass is 9.99. The fourth-order valence-corrected chi connectivity index (χ4v) is 9.56. The molecule has 46 heavy (non-hydrogen) atoms. The lowest BCUT2D eigenvalue weighted by Crippen LogP contribution is -2.54. The maximum Gasteiger partial charge on any atom is 0.333 e. The van der Waals surface area contributed by atoms with Crippen molar-refractivity contribution in [2.75, 3.05) is 12.9 Å². The van der Waals surface area contributed by atoms with Crippen molar-refractivity contribution < 1.29 is 27.4 Å². The standard InChI is InChI=1S/C33H39N3O8S2/c1-19-27-29(38)36(32(2,3)26(37)18-46(40,41)33(4)13-14-33)31(39)35(30(27)45-28(19)34-5)17-25(23-9-7-8-10-24(23)42-6)44-22-15-20-11-12-21(16-22)43-20/h7-10,20-22,25H,11-18H2,1-4,6H3/t20-,21+,22?,25-/m0/s1. The molecule has 0 spiro atoms. The Morgan fingerprint density at radius 3 is 2.46 bits per heavy atom. The highest BCUT2D eigenvalue weighted by molar-refractivity contribution is 7.93. The van der Waals surface area contributed by atoms with Crippen molar-refractivity contribution in [2.24, 2.45) is 0 Å². The Morgan fingerprint density at radius 1 is 1.20 bits per heavy atom. The normalized spacial score (nSPS) is 22.8. The predicted octanol–water partition coefficient (Wildman–Crippen LogP) is 4.83. The van der Waals surface area contributed by atoms with E-state index in [4.69, 9.17) is 20.8 Å². The second kappa shape index (κ2) is 11.7. The van der Waals surface area contributed by atoms with Crippen LogP contribution in [0.2, 0.25) is 0 Å². The van der Waals surface area contributed by atoms with Crippen LogP contribution in [0.25, 0.3) is 15.1 Å². The van der Waals surface area contributed by atoms with Gasteiger partial charge in [-0.3, -0.25) is 14.2 Å². The maximum atomic E-state index is 14.5. The van der Waals surface area contributed by atoms with Crippen molar-refractivity contribution >= 4 is 42.2 Å². The summed E-state index contributed by atoms with van der Waals surface area (Å²) in [4.78, 5) is 46.3. The van der Waals surface area contributed by atoms with E-state index >= 15 is 0 Å². The van der Waals surface area contributed by atoms with Gasteiger partial charge in [0.2, 0.25) is 5.00 Å². The number of thiophene rings is 1. The molecule has 1 unspecified atom stereocenters. The number of rotatable bonds is 11. The van der Waals surface area contributed by atoms with Gasteiger partial charge in [0.05, 0.1) is 53.5 Å². The highest BCUT2D eigenvalue weighted by atomic mass is 32.2. The minimum absolute atomic E-state index is 0.0410. The molecule has 2 saturated heterocycles. The second-order valence-corrected chi connectivity index (χ2v) is 16.9. The van der Waals surface area contributed by atoms with Gasteiger partial charge in [-0.15, -0.1) is 11.3 Å². The number of hydrogen-bond donors (Lipinski definition) is 0. The summed E-state index contributed by atoms with van der Waals surface area (Å²) in [5.41, 5.74) is -2.20. The van der Waals surface area contributed by atoms with Crippen LogP contribution in [0.4, 0.5) is 5.00 Å². The minimum atomic E-state index is -3.80. The van der Waals surface area contributed by atoms with Gasteiger partial charge >= 0.3 is 5.69 Å². The number of para-hydroxylation sites is 1. The van der Waals surface area contributed by atoms with Crippen LogP contribution in [0.15, 0.2) is 33.9 Å².